The summed E-state index contributed by atoms with van der Waals surface area (Å²) in [7, 11) is 14.0. The van der Waals surface area contributed by atoms with Crippen LogP contribution in [0, 0.1) is 0 Å². The fourth-order valence-electron chi connectivity index (χ4n) is 0.278. The Labute approximate surface area is 89.3 Å². The molecule has 0 amide bonds. The highest BCUT2D eigenvalue weighted by atomic mass is 33.1. The second-order valence-electron chi connectivity index (χ2n) is 1.43. The normalized spacial score (nSPS) is 17.0. The van der Waals surface area contributed by atoms with Gasteiger partial charge in [-0.2, -0.15) is 4.13 Å². The first-order chi connectivity index (χ1) is 5.00. The number of nitrogens with zero attached hydrogens (tertiary/aromatic N) is 1. The summed E-state index contributed by atoms with van der Waals surface area (Å²) < 4.78 is 4.04. The van der Waals surface area contributed by atoms with Gasteiger partial charge < -0.3 is 0 Å². The third-order valence-corrected chi connectivity index (χ3v) is 42.2. The Balaban J connectivity index is 4.13. The van der Waals surface area contributed by atoms with Crippen molar-refractivity contribution in [3.63, 3.8) is 0 Å². The topological polar surface area (TPSA) is 12.4 Å². The van der Waals surface area contributed by atoms with Crippen LogP contribution >= 0.6 is 73.1 Å². The number of hydrogen-bond donors (Lipinski definition) is 0. The molecule has 0 aliphatic carbocycles. The maximum atomic E-state index is 4.78. The third-order valence-electron chi connectivity index (χ3n) is 0.699. The summed E-state index contributed by atoms with van der Waals surface area (Å²) in [6.45, 7) is -0.185. The standard InChI is InChI=1S/H10NP9S/c2-8(3)7(1-11)10(6)9(4)5/h2-6H2. The molecule has 66 valence electrons. The van der Waals surface area contributed by atoms with Crippen molar-refractivity contribution >= 4 is 85.5 Å². The molecule has 0 saturated carbocycles. The second kappa shape index (κ2) is 8.09. The lowest BCUT2D eigenvalue weighted by atomic mass is 13.9. The minimum Gasteiger partial charge on any atom is -0.185 e. The molecule has 0 saturated heterocycles. The van der Waals surface area contributed by atoms with E-state index in [9.17, 15) is 0 Å². The van der Waals surface area contributed by atoms with Crippen molar-refractivity contribution in [1.29, 1.82) is 0 Å². The van der Waals surface area contributed by atoms with Gasteiger partial charge in [0.05, 0.1) is 7.45 Å². The van der Waals surface area contributed by atoms with Crippen LogP contribution in [0.15, 0.2) is 4.13 Å². The van der Waals surface area contributed by atoms with Crippen molar-refractivity contribution in [1.82, 2.24) is 0 Å². The van der Waals surface area contributed by atoms with Gasteiger partial charge >= 0.3 is 0 Å². The predicted octanol–water partition coefficient (Wildman–Crippen LogP) is 5.26. The Morgan fingerprint density at radius 2 is 1.36 bits per heavy atom. The van der Waals surface area contributed by atoms with Gasteiger partial charge in [-0.1, -0.05) is 8.93 Å². The van der Waals surface area contributed by atoms with Crippen LogP contribution in [0.25, 0.3) is 0 Å². The van der Waals surface area contributed by atoms with E-state index in [1.165, 1.54) is 0 Å². The van der Waals surface area contributed by atoms with Crippen LogP contribution in [0.5, 0.6) is 0 Å². The molecule has 0 bridgehead atoms. The SMILES string of the molecule is PP(P)P(P)P(N=S)P(P)P. The van der Waals surface area contributed by atoms with E-state index in [4.69, 9.17) is 12.4 Å². The van der Waals surface area contributed by atoms with Gasteiger partial charge in [-0.25, -0.2) is 0 Å². The maximum absolute atomic E-state index is 4.78. The molecule has 0 aromatic rings. The molecule has 1 nitrogen and oxygen atoms in total. The van der Waals surface area contributed by atoms with Crippen molar-refractivity contribution in [2.24, 2.45) is 4.13 Å². The van der Waals surface area contributed by atoms with Crippen LogP contribution in [0.3, 0.4) is 0 Å². The molecule has 11 heteroatoms. The zero-order valence-electron chi connectivity index (χ0n) is 5.53. The average molecular weight is 335 g/mol. The Hall–Kier alpha value is 3.89. The molecule has 0 radical (unpaired) electrons. The van der Waals surface area contributed by atoms with E-state index >= 15 is 0 Å². The van der Waals surface area contributed by atoms with Crippen LogP contribution in [0.1, 0.15) is 0 Å². The minimum atomic E-state index is -0.273. The molecule has 0 rings (SSSR count). The fourth-order valence-corrected chi connectivity index (χ4v) is 47.1. The second-order valence-corrected chi connectivity index (χ2v) is 33.9. The highest BCUT2D eigenvalue weighted by molar-refractivity contribution is 9.07. The molecule has 0 N–H and O–H groups in total. The summed E-state index contributed by atoms with van der Waals surface area (Å²) in [5.41, 5.74) is 0. The van der Waals surface area contributed by atoms with Crippen molar-refractivity contribution in [3.05, 3.63) is 0 Å². The lowest BCUT2D eigenvalue weighted by Crippen LogP contribution is -1.45. The van der Waals surface area contributed by atoms with Gasteiger partial charge in [-0.15, -0.1) is 35.7 Å². The molecular weight excluding hydrogens is 325 g/mol. The van der Waals surface area contributed by atoms with Crippen molar-refractivity contribution in [2.75, 3.05) is 0 Å². The Morgan fingerprint density at radius 3 is 1.45 bits per heavy atom. The highest BCUT2D eigenvalue weighted by Gasteiger charge is 2.22. The van der Waals surface area contributed by atoms with Gasteiger partial charge in [-0.05, 0) is 14.0 Å². The lowest BCUT2D eigenvalue weighted by molar-refractivity contribution is 2.10. The zero-order chi connectivity index (χ0) is 9.02. The van der Waals surface area contributed by atoms with Crippen LogP contribution in [-0.4, -0.2) is 0 Å². The van der Waals surface area contributed by atoms with E-state index in [0.717, 1.165) is 0 Å². The molecule has 0 aromatic carbocycles. The summed E-state index contributed by atoms with van der Waals surface area (Å²) in [5, 5.41) is 0. The lowest BCUT2D eigenvalue weighted by Gasteiger charge is -2.24. The largest absolute Gasteiger partial charge is 0.185 e. The van der Waals surface area contributed by atoms with Crippen LogP contribution in [0.2, 0.25) is 0 Å². The highest BCUT2D eigenvalue weighted by Crippen LogP contribution is 3.06. The molecule has 0 spiro atoms. The molecule has 0 aliphatic rings. The molecule has 0 aromatic heterocycles. The van der Waals surface area contributed by atoms with E-state index in [1.807, 2.05) is 0 Å². The van der Waals surface area contributed by atoms with Gasteiger partial charge in [0.15, 0.2) is 0 Å². The van der Waals surface area contributed by atoms with Crippen molar-refractivity contribution in [2.45, 2.75) is 0 Å². The molecule has 0 fully saturated rings. The van der Waals surface area contributed by atoms with E-state index in [1.54, 1.807) is 0 Å². The summed E-state index contributed by atoms with van der Waals surface area (Å²) in [6, 6.07) is 0. The van der Waals surface area contributed by atoms with E-state index in [-0.39, 0.29) is 28.4 Å². The van der Waals surface area contributed by atoms with Gasteiger partial charge in [0, 0.05) is 19.4 Å². The number of rotatable bonds is 4. The minimum absolute atomic E-state index is 0.0203. The van der Waals surface area contributed by atoms with Crippen molar-refractivity contribution < 1.29 is 0 Å². The fraction of sp³-hybridized carbons (Fsp3) is 0. The summed E-state index contributed by atoms with van der Waals surface area (Å²) in [4.78, 5) is 0. The average Bonchev–Trinajstić information content (AvgIpc) is 1.88. The van der Waals surface area contributed by atoms with Crippen LogP contribution in [-0.2, 0) is 12.4 Å². The summed E-state index contributed by atoms with van der Waals surface area (Å²) in [5.74, 6) is 0. The van der Waals surface area contributed by atoms with Crippen LogP contribution < -0.4 is 0 Å². The molecule has 11 heavy (non-hydrogen) atoms. The van der Waals surface area contributed by atoms with E-state index in [2.05, 4.69) is 48.8 Å². The Bertz CT molecular complexity index is 121. The van der Waals surface area contributed by atoms with Crippen molar-refractivity contribution in [3.8, 4) is 0 Å². The quantitative estimate of drug-likeness (QED) is 0.639. The first-order valence-corrected chi connectivity index (χ1v) is 18.2. The molecule has 0 aliphatic heterocycles. The van der Waals surface area contributed by atoms with Gasteiger partial charge in [0.25, 0.3) is 0 Å². The number of hydrogen-bond acceptors (Lipinski definition) is 2. The first-order valence-electron chi connectivity index (χ1n) is 2.27. The molecule has 7 atom stereocenters. The smallest absolute Gasteiger partial charge is 0.0954 e. The monoisotopic (exact) mass is 335 g/mol. The maximum Gasteiger partial charge on any atom is 0.0954 e. The summed E-state index contributed by atoms with van der Waals surface area (Å²) >= 11 is 4.78. The van der Waals surface area contributed by atoms with Gasteiger partial charge in [0.1, 0.15) is 0 Å². The Morgan fingerprint density at radius 1 is 0.909 bits per heavy atom. The van der Waals surface area contributed by atoms with Gasteiger partial charge in [-0.3, -0.25) is 0 Å². The van der Waals surface area contributed by atoms with Gasteiger partial charge in [0.2, 0.25) is 0 Å². The summed E-state index contributed by atoms with van der Waals surface area (Å²) in [6.07, 6.45) is 0. The van der Waals surface area contributed by atoms with E-state index < -0.39 is 0 Å². The molecular formula is H10NP9S. The molecule has 0 heterocycles. The van der Waals surface area contributed by atoms with E-state index in [0.29, 0.717) is 0 Å². The zero-order valence-corrected chi connectivity index (χ0v) is 15.7. The Kier molecular flexibility index (Phi) is 11.0. The predicted molar refractivity (Wildman–Crippen MR) is 86.0 cm³/mol. The van der Waals surface area contributed by atoms with Crippen LogP contribution in [0.4, 0.5) is 0 Å². The molecule has 7 unspecified atom stereocenters. The first kappa shape index (κ1) is 14.9. The third kappa shape index (κ3) is 6.14.